The molecular weight excluding hydrogens is 200 g/mol. The summed E-state index contributed by atoms with van der Waals surface area (Å²) in [4.78, 5) is 13.8. The maximum absolute atomic E-state index is 11.5. The third-order valence-electron chi connectivity index (χ3n) is 3.58. The molecule has 16 heavy (non-hydrogen) atoms. The zero-order chi connectivity index (χ0) is 11.0. The molecule has 0 saturated carbocycles. The molecule has 1 aromatic rings. The second kappa shape index (κ2) is 3.91. The van der Waals surface area contributed by atoms with Crippen LogP contribution in [0.5, 0.6) is 0 Å². The zero-order valence-corrected chi connectivity index (χ0v) is 9.23. The number of piperazine rings is 1. The van der Waals surface area contributed by atoms with Gasteiger partial charge in [0.25, 0.3) is 0 Å². The highest BCUT2D eigenvalue weighted by Crippen LogP contribution is 2.31. The number of nitrogens with zero attached hydrogens (tertiary/aromatic N) is 1. The van der Waals surface area contributed by atoms with Gasteiger partial charge >= 0.3 is 0 Å². The number of benzene rings is 1. The van der Waals surface area contributed by atoms with Crippen molar-refractivity contribution in [2.24, 2.45) is 0 Å². The Morgan fingerprint density at radius 2 is 2.00 bits per heavy atom. The van der Waals surface area contributed by atoms with E-state index >= 15 is 0 Å². The minimum absolute atomic E-state index is 0.178. The maximum atomic E-state index is 11.5. The number of piperidine rings is 1. The molecule has 2 aliphatic rings. The molecule has 2 bridgehead atoms. The maximum Gasteiger partial charge on any atom is 0.234 e. The van der Waals surface area contributed by atoms with E-state index in [1.165, 1.54) is 5.56 Å². The van der Waals surface area contributed by atoms with E-state index in [1.807, 2.05) is 6.07 Å². The molecule has 1 aromatic carbocycles. The summed E-state index contributed by atoms with van der Waals surface area (Å²) in [5.41, 5.74) is 1.34. The summed E-state index contributed by atoms with van der Waals surface area (Å²) >= 11 is 0. The summed E-state index contributed by atoms with van der Waals surface area (Å²) in [5, 5.41) is 3.04. The van der Waals surface area contributed by atoms with E-state index in [2.05, 4.69) is 34.5 Å². The first-order valence-electron chi connectivity index (χ1n) is 5.91. The smallest absolute Gasteiger partial charge is 0.234 e. The zero-order valence-electron chi connectivity index (χ0n) is 9.23. The van der Waals surface area contributed by atoms with Crippen LogP contribution in [0.3, 0.4) is 0 Å². The standard InChI is InChI=1S/C13H16N2O/c16-13-9-15-8-11(14-13)6-7-12(15)10-4-2-1-3-5-10/h1-5,11-12H,6-9H2,(H,14,16)/t11-,12+/m1/s1. The lowest BCUT2D eigenvalue weighted by atomic mass is 9.91. The van der Waals surface area contributed by atoms with Gasteiger partial charge in [0, 0.05) is 18.6 Å². The molecule has 0 aliphatic carbocycles. The average Bonchev–Trinajstić information content (AvgIpc) is 2.30. The third kappa shape index (κ3) is 1.71. The quantitative estimate of drug-likeness (QED) is 0.768. The number of carbonyl (C=O) groups is 1. The first-order chi connectivity index (χ1) is 7.83. The Hall–Kier alpha value is -1.35. The average molecular weight is 216 g/mol. The fourth-order valence-electron chi connectivity index (χ4n) is 2.85. The van der Waals surface area contributed by atoms with E-state index in [1.54, 1.807) is 0 Å². The van der Waals surface area contributed by atoms with Crippen molar-refractivity contribution in [3.8, 4) is 0 Å². The fourth-order valence-corrected chi connectivity index (χ4v) is 2.85. The second-order valence-electron chi connectivity index (χ2n) is 4.70. The normalized spacial score (nSPS) is 33.2. The molecule has 1 amide bonds. The van der Waals surface area contributed by atoms with E-state index in [-0.39, 0.29) is 5.91 Å². The van der Waals surface area contributed by atoms with Crippen molar-refractivity contribution < 1.29 is 4.79 Å². The van der Waals surface area contributed by atoms with Gasteiger partial charge in [0.2, 0.25) is 5.91 Å². The van der Waals surface area contributed by atoms with Crippen LogP contribution in [0.2, 0.25) is 0 Å². The van der Waals surface area contributed by atoms with Crippen LogP contribution in [-0.2, 0) is 4.79 Å². The van der Waals surface area contributed by atoms with Gasteiger partial charge in [-0.3, -0.25) is 9.69 Å². The van der Waals surface area contributed by atoms with Crippen LogP contribution in [0.25, 0.3) is 0 Å². The predicted octanol–water partition coefficient (Wildman–Crippen LogP) is 1.32. The summed E-state index contributed by atoms with van der Waals surface area (Å²) in [5.74, 6) is 0.178. The molecule has 2 aliphatic heterocycles. The summed E-state index contributed by atoms with van der Waals surface area (Å²) in [6.45, 7) is 1.56. The van der Waals surface area contributed by atoms with Crippen molar-refractivity contribution >= 4 is 5.91 Å². The van der Waals surface area contributed by atoms with E-state index in [9.17, 15) is 4.79 Å². The topological polar surface area (TPSA) is 32.3 Å². The molecule has 0 radical (unpaired) electrons. The number of hydrogen-bond donors (Lipinski definition) is 1. The Kier molecular flexibility index (Phi) is 2.40. The van der Waals surface area contributed by atoms with E-state index in [0.717, 1.165) is 19.4 Å². The van der Waals surface area contributed by atoms with Crippen LogP contribution in [-0.4, -0.2) is 29.9 Å². The van der Waals surface area contributed by atoms with Gasteiger partial charge in [-0.05, 0) is 18.4 Å². The Bertz CT molecular complexity index is 390. The molecule has 3 rings (SSSR count). The van der Waals surface area contributed by atoms with Gasteiger partial charge < -0.3 is 5.32 Å². The first-order valence-corrected chi connectivity index (χ1v) is 5.91. The van der Waals surface area contributed by atoms with Crippen LogP contribution in [0.4, 0.5) is 0 Å². The lowest BCUT2D eigenvalue weighted by Gasteiger charge is -2.43. The minimum Gasteiger partial charge on any atom is -0.351 e. The van der Waals surface area contributed by atoms with Crippen LogP contribution < -0.4 is 5.32 Å². The van der Waals surface area contributed by atoms with Gasteiger partial charge in [-0.2, -0.15) is 0 Å². The summed E-state index contributed by atoms with van der Waals surface area (Å²) in [6, 6.07) is 11.3. The Labute approximate surface area is 95.4 Å². The minimum atomic E-state index is 0.178. The lowest BCUT2D eigenvalue weighted by Crippen LogP contribution is -2.57. The van der Waals surface area contributed by atoms with Crippen molar-refractivity contribution in [3.63, 3.8) is 0 Å². The molecule has 2 fully saturated rings. The second-order valence-corrected chi connectivity index (χ2v) is 4.70. The van der Waals surface area contributed by atoms with Gasteiger partial charge in [-0.15, -0.1) is 0 Å². The first kappa shape index (κ1) is 9.85. The van der Waals surface area contributed by atoms with Crippen LogP contribution >= 0.6 is 0 Å². The molecule has 0 aromatic heterocycles. The molecule has 2 heterocycles. The molecular formula is C13H16N2O. The number of amides is 1. The molecule has 2 saturated heterocycles. The molecule has 84 valence electrons. The molecule has 3 atom stereocenters. The van der Waals surface area contributed by atoms with Gasteiger partial charge in [0.05, 0.1) is 6.54 Å². The van der Waals surface area contributed by atoms with Gasteiger partial charge in [-0.25, -0.2) is 0 Å². The van der Waals surface area contributed by atoms with Crippen molar-refractivity contribution in [1.82, 2.24) is 10.2 Å². The monoisotopic (exact) mass is 216 g/mol. The number of fused-ring (bicyclic) bond motifs is 2. The number of carbonyl (C=O) groups excluding carboxylic acids is 1. The fraction of sp³-hybridized carbons (Fsp3) is 0.462. The highest BCUT2D eigenvalue weighted by Gasteiger charge is 2.34. The van der Waals surface area contributed by atoms with Crippen LogP contribution in [0.15, 0.2) is 30.3 Å². The largest absolute Gasteiger partial charge is 0.351 e. The number of rotatable bonds is 1. The highest BCUT2D eigenvalue weighted by molar-refractivity contribution is 5.79. The highest BCUT2D eigenvalue weighted by atomic mass is 16.2. The van der Waals surface area contributed by atoms with Gasteiger partial charge in [0.1, 0.15) is 0 Å². The summed E-state index contributed by atoms with van der Waals surface area (Å²) in [7, 11) is 0. The molecule has 1 N–H and O–H groups in total. The van der Waals surface area contributed by atoms with Crippen molar-refractivity contribution in [3.05, 3.63) is 35.9 Å². The SMILES string of the molecule is O=C1CN2C[C@@H](CC[C@H]2c2ccccc2)N1. The van der Waals surface area contributed by atoms with Crippen molar-refractivity contribution in [2.75, 3.05) is 13.1 Å². The Morgan fingerprint density at radius 1 is 1.19 bits per heavy atom. The van der Waals surface area contributed by atoms with Crippen LogP contribution in [0.1, 0.15) is 24.4 Å². The molecule has 3 nitrogen and oxygen atoms in total. The van der Waals surface area contributed by atoms with Crippen LogP contribution in [0, 0.1) is 0 Å². The van der Waals surface area contributed by atoms with E-state index in [0.29, 0.717) is 18.6 Å². The number of hydrogen-bond acceptors (Lipinski definition) is 2. The Balaban J connectivity index is 1.84. The molecule has 1 unspecified atom stereocenters. The van der Waals surface area contributed by atoms with Gasteiger partial charge in [0.15, 0.2) is 0 Å². The van der Waals surface area contributed by atoms with E-state index < -0.39 is 0 Å². The number of nitrogens with one attached hydrogen (secondary N) is 1. The summed E-state index contributed by atoms with van der Waals surface area (Å²) in [6.07, 6.45) is 2.25. The lowest BCUT2D eigenvalue weighted by molar-refractivity contribution is -0.128. The Morgan fingerprint density at radius 3 is 2.81 bits per heavy atom. The molecule has 0 spiro atoms. The third-order valence-corrected chi connectivity index (χ3v) is 3.58. The van der Waals surface area contributed by atoms with E-state index in [4.69, 9.17) is 0 Å². The predicted molar refractivity (Wildman–Crippen MR) is 61.9 cm³/mol. The van der Waals surface area contributed by atoms with Gasteiger partial charge in [-0.1, -0.05) is 30.3 Å². The molecule has 3 heteroatoms. The van der Waals surface area contributed by atoms with Crippen molar-refractivity contribution in [2.45, 2.75) is 24.9 Å². The van der Waals surface area contributed by atoms with Crippen molar-refractivity contribution in [1.29, 1.82) is 0 Å². The summed E-state index contributed by atoms with van der Waals surface area (Å²) < 4.78 is 0.